The Labute approximate surface area is 74.0 Å². The molecule has 0 aliphatic rings. The van der Waals surface area contributed by atoms with E-state index in [9.17, 15) is 0 Å². The van der Waals surface area contributed by atoms with E-state index < -0.39 is 0 Å². The Kier molecular flexibility index (Phi) is 6.34. The molecular weight excluding hydrogens is 150 g/mol. The summed E-state index contributed by atoms with van der Waals surface area (Å²) in [5.41, 5.74) is 6.36. The van der Waals surface area contributed by atoms with Gasteiger partial charge in [0.25, 0.3) is 0 Å². The summed E-state index contributed by atoms with van der Waals surface area (Å²) in [5.74, 6) is 0. The van der Waals surface area contributed by atoms with Gasteiger partial charge in [-0.3, -0.25) is 0 Å². The Hall–Kier alpha value is -0.860. The van der Waals surface area contributed by atoms with Gasteiger partial charge in [-0.25, -0.2) is 0 Å². The average molecular weight is 167 g/mol. The van der Waals surface area contributed by atoms with E-state index >= 15 is 0 Å². The summed E-state index contributed by atoms with van der Waals surface area (Å²) in [6.45, 7) is 3.92. The second kappa shape index (κ2) is 6.83. The minimum absolute atomic E-state index is 0.0602. The minimum Gasteiger partial charge on any atom is -0.395 e. The molecule has 0 spiro atoms. The van der Waals surface area contributed by atoms with Crippen LogP contribution in [0, 0.1) is 6.92 Å². The van der Waals surface area contributed by atoms with Crippen molar-refractivity contribution in [3.63, 3.8) is 0 Å². The number of aliphatic hydroxyl groups excluding tert-OH is 1. The van der Waals surface area contributed by atoms with Gasteiger partial charge in [0.15, 0.2) is 0 Å². The van der Waals surface area contributed by atoms with Crippen molar-refractivity contribution >= 4 is 0 Å². The van der Waals surface area contributed by atoms with Crippen LogP contribution in [-0.4, -0.2) is 17.8 Å². The predicted octanol–water partition coefficient (Wildman–Crippen LogP) is 1.32. The molecule has 1 aromatic carbocycles. The number of aryl methyl sites for hydroxylation is 1. The van der Waals surface area contributed by atoms with Crippen molar-refractivity contribution in [2.45, 2.75) is 19.9 Å². The molecular formula is C10H17NO. The Morgan fingerprint density at radius 1 is 1.33 bits per heavy atom. The van der Waals surface area contributed by atoms with Crippen LogP contribution in [0.4, 0.5) is 0 Å². The maximum absolute atomic E-state index is 8.02. The van der Waals surface area contributed by atoms with Crippen LogP contribution >= 0.6 is 0 Å². The van der Waals surface area contributed by atoms with Gasteiger partial charge >= 0.3 is 0 Å². The molecule has 68 valence electrons. The van der Waals surface area contributed by atoms with Crippen molar-refractivity contribution in [1.82, 2.24) is 0 Å². The highest BCUT2D eigenvalue weighted by Crippen LogP contribution is 1.92. The highest BCUT2D eigenvalue weighted by atomic mass is 16.3. The highest BCUT2D eigenvalue weighted by Gasteiger charge is 1.81. The molecule has 0 aliphatic heterocycles. The predicted molar refractivity (Wildman–Crippen MR) is 51.9 cm³/mol. The van der Waals surface area contributed by atoms with Crippen LogP contribution in [0.1, 0.15) is 12.5 Å². The summed E-state index contributed by atoms with van der Waals surface area (Å²) >= 11 is 0. The van der Waals surface area contributed by atoms with Crippen LogP contribution in [0.15, 0.2) is 30.3 Å². The van der Waals surface area contributed by atoms with Gasteiger partial charge in [0.05, 0.1) is 6.61 Å². The molecule has 0 amide bonds. The van der Waals surface area contributed by atoms with E-state index in [1.165, 1.54) is 5.56 Å². The Balaban J connectivity index is 0.000000217. The smallest absolute Gasteiger partial charge is 0.0579 e. The van der Waals surface area contributed by atoms with E-state index in [0.29, 0.717) is 0 Å². The van der Waals surface area contributed by atoms with Crippen molar-refractivity contribution in [2.75, 3.05) is 6.61 Å². The molecule has 0 aliphatic carbocycles. The standard InChI is InChI=1S/C7H8.C3H9NO/c1-7-5-3-2-4-6-7;1-3(4)2-5/h2-6H,1H3;3,5H,2,4H2,1H3. The first-order valence-corrected chi connectivity index (χ1v) is 4.05. The fourth-order valence-corrected chi connectivity index (χ4v) is 0.534. The van der Waals surface area contributed by atoms with Gasteiger partial charge in [-0.05, 0) is 13.8 Å². The van der Waals surface area contributed by atoms with Gasteiger partial charge in [0.1, 0.15) is 0 Å². The summed E-state index contributed by atoms with van der Waals surface area (Å²) < 4.78 is 0. The van der Waals surface area contributed by atoms with E-state index in [-0.39, 0.29) is 12.6 Å². The van der Waals surface area contributed by atoms with E-state index in [1.54, 1.807) is 6.92 Å². The molecule has 0 bridgehead atoms. The van der Waals surface area contributed by atoms with Crippen molar-refractivity contribution in [3.8, 4) is 0 Å². The van der Waals surface area contributed by atoms with Gasteiger partial charge in [0, 0.05) is 6.04 Å². The maximum atomic E-state index is 8.02. The molecule has 2 nitrogen and oxygen atoms in total. The molecule has 1 aromatic rings. The first-order valence-electron chi connectivity index (χ1n) is 4.05. The third-order valence-electron chi connectivity index (χ3n) is 1.23. The number of aliphatic hydroxyl groups is 1. The summed E-state index contributed by atoms with van der Waals surface area (Å²) in [7, 11) is 0. The monoisotopic (exact) mass is 167 g/mol. The first kappa shape index (κ1) is 11.1. The topological polar surface area (TPSA) is 46.2 Å². The molecule has 1 rings (SSSR count). The minimum atomic E-state index is -0.0602. The first-order chi connectivity index (χ1) is 5.66. The number of hydrogen-bond donors (Lipinski definition) is 2. The molecule has 0 saturated carbocycles. The van der Waals surface area contributed by atoms with Crippen LogP contribution < -0.4 is 5.73 Å². The van der Waals surface area contributed by atoms with Crippen LogP contribution in [0.5, 0.6) is 0 Å². The zero-order valence-corrected chi connectivity index (χ0v) is 7.70. The van der Waals surface area contributed by atoms with Crippen molar-refractivity contribution in [3.05, 3.63) is 35.9 Å². The average Bonchev–Trinajstić information content (AvgIpc) is 2.07. The Morgan fingerprint density at radius 2 is 1.75 bits per heavy atom. The van der Waals surface area contributed by atoms with E-state index in [1.807, 2.05) is 18.2 Å². The summed E-state index contributed by atoms with van der Waals surface area (Å²) in [4.78, 5) is 0. The van der Waals surface area contributed by atoms with Crippen LogP contribution in [0.2, 0.25) is 0 Å². The number of hydrogen-bond acceptors (Lipinski definition) is 2. The van der Waals surface area contributed by atoms with E-state index in [0.717, 1.165) is 0 Å². The zero-order chi connectivity index (χ0) is 9.40. The lowest BCUT2D eigenvalue weighted by Crippen LogP contribution is -2.18. The van der Waals surface area contributed by atoms with Gasteiger partial charge in [-0.1, -0.05) is 35.9 Å². The molecule has 2 heteroatoms. The van der Waals surface area contributed by atoms with Gasteiger partial charge in [0.2, 0.25) is 0 Å². The summed E-state index contributed by atoms with van der Waals surface area (Å²) in [6, 6.07) is 10.2. The summed E-state index contributed by atoms with van der Waals surface area (Å²) in [6.07, 6.45) is 0. The highest BCUT2D eigenvalue weighted by molar-refractivity contribution is 5.11. The van der Waals surface area contributed by atoms with Crippen LogP contribution in [-0.2, 0) is 0 Å². The number of benzene rings is 1. The largest absolute Gasteiger partial charge is 0.395 e. The Bertz CT molecular complexity index is 184. The lowest BCUT2D eigenvalue weighted by Gasteiger charge is -1.91. The molecule has 0 saturated heterocycles. The van der Waals surface area contributed by atoms with Gasteiger partial charge in [-0.15, -0.1) is 0 Å². The maximum Gasteiger partial charge on any atom is 0.0579 e. The van der Waals surface area contributed by atoms with Crippen molar-refractivity contribution < 1.29 is 5.11 Å². The molecule has 3 N–H and O–H groups in total. The Morgan fingerprint density at radius 3 is 1.92 bits per heavy atom. The van der Waals surface area contributed by atoms with Gasteiger partial charge < -0.3 is 10.8 Å². The van der Waals surface area contributed by atoms with Crippen LogP contribution in [0.25, 0.3) is 0 Å². The third-order valence-corrected chi connectivity index (χ3v) is 1.23. The molecule has 0 aromatic heterocycles. The summed E-state index contributed by atoms with van der Waals surface area (Å²) in [5, 5.41) is 8.02. The number of nitrogens with two attached hydrogens (primary N) is 1. The van der Waals surface area contributed by atoms with Crippen molar-refractivity contribution in [1.29, 1.82) is 0 Å². The quantitative estimate of drug-likeness (QED) is 0.662. The zero-order valence-electron chi connectivity index (χ0n) is 7.70. The normalized spacial score (nSPS) is 11.3. The molecule has 1 unspecified atom stereocenters. The fourth-order valence-electron chi connectivity index (χ4n) is 0.534. The molecule has 12 heavy (non-hydrogen) atoms. The fraction of sp³-hybridized carbons (Fsp3) is 0.400. The second-order valence-electron chi connectivity index (χ2n) is 2.81. The van der Waals surface area contributed by atoms with Gasteiger partial charge in [-0.2, -0.15) is 0 Å². The second-order valence-corrected chi connectivity index (χ2v) is 2.81. The third kappa shape index (κ3) is 7.25. The molecule has 0 heterocycles. The van der Waals surface area contributed by atoms with E-state index in [2.05, 4.69) is 19.1 Å². The van der Waals surface area contributed by atoms with Crippen molar-refractivity contribution in [2.24, 2.45) is 5.73 Å². The molecule has 0 fully saturated rings. The molecule has 1 atom stereocenters. The lowest BCUT2D eigenvalue weighted by atomic mass is 10.2. The lowest BCUT2D eigenvalue weighted by molar-refractivity contribution is 0.273. The SMILES string of the molecule is CC(N)CO.Cc1ccccc1. The molecule has 0 radical (unpaired) electrons. The van der Waals surface area contributed by atoms with Crippen LogP contribution in [0.3, 0.4) is 0 Å². The number of rotatable bonds is 1. The van der Waals surface area contributed by atoms with E-state index in [4.69, 9.17) is 10.8 Å².